The zero-order valence-electron chi connectivity index (χ0n) is 21.7. The highest BCUT2D eigenvalue weighted by atomic mass is 28.4. The summed E-state index contributed by atoms with van der Waals surface area (Å²) in [4.78, 5) is 24.3. The van der Waals surface area contributed by atoms with Gasteiger partial charge in [0.15, 0.2) is 14.1 Å². The largest absolute Gasteiger partial charge is 0.465 e. The Morgan fingerprint density at radius 1 is 1.09 bits per heavy atom. The first kappa shape index (κ1) is 30.5. The number of methoxy groups -OCH3 is 1. The molecule has 0 radical (unpaired) electrons. The van der Waals surface area contributed by atoms with E-state index in [0.717, 1.165) is 30.1 Å². The van der Waals surface area contributed by atoms with E-state index in [-0.39, 0.29) is 23.4 Å². The Balaban J connectivity index is 5.07. The summed E-state index contributed by atoms with van der Waals surface area (Å²) in [6.07, 6.45) is 12.1. The second-order valence-electron chi connectivity index (χ2n) is 8.08. The molecule has 0 unspecified atom stereocenters. The van der Waals surface area contributed by atoms with Gasteiger partial charge in [0.1, 0.15) is 6.07 Å². The lowest BCUT2D eigenvalue weighted by Crippen LogP contribution is -2.38. The normalized spacial score (nSPS) is 14.9. The molecule has 0 amide bonds. The lowest BCUT2D eigenvalue weighted by molar-refractivity contribution is -0.135. The van der Waals surface area contributed by atoms with Crippen molar-refractivity contribution in [2.75, 3.05) is 7.11 Å². The SMILES string of the molecule is C\C=C(/C=C(C)/C=C/CC/C=C(\C)C(=O)/C(C#N)=C/[C@H](C)O[Si](CC)(CC)CC)C(=O)OC. The fraction of sp³-hybridized carbons (Fsp3) is 0.519. The molecule has 0 saturated carbocycles. The molecule has 182 valence electrons. The molecular weight excluding hydrogens is 430 g/mol. The predicted octanol–water partition coefficient (Wildman–Crippen LogP) is 6.76. The van der Waals surface area contributed by atoms with E-state index in [1.165, 1.54) is 7.11 Å². The van der Waals surface area contributed by atoms with Gasteiger partial charge >= 0.3 is 5.97 Å². The average Bonchev–Trinajstić information content (AvgIpc) is 2.83. The Morgan fingerprint density at radius 3 is 2.18 bits per heavy atom. The number of Topliss-reactive ketones (excluding diaryl/α,β-unsaturated/α-hetero) is 1. The zero-order valence-corrected chi connectivity index (χ0v) is 22.7. The first-order chi connectivity index (χ1) is 15.6. The van der Waals surface area contributed by atoms with E-state index in [9.17, 15) is 14.9 Å². The number of nitriles is 1. The zero-order chi connectivity index (χ0) is 25.4. The fourth-order valence-electron chi connectivity index (χ4n) is 3.47. The topological polar surface area (TPSA) is 76.4 Å². The van der Waals surface area contributed by atoms with Gasteiger partial charge in [-0.1, -0.05) is 50.6 Å². The minimum Gasteiger partial charge on any atom is -0.465 e. The Labute approximate surface area is 201 Å². The fourth-order valence-corrected chi connectivity index (χ4v) is 6.33. The molecule has 0 heterocycles. The van der Waals surface area contributed by atoms with Crippen molar-refractivity contribution in [3.8, 4) is 6.07 Å². The molecule has 0 bridgehead atoms. The van der Waals surface area contributed by atoms with E-state index in [1.807, 2.05) is 38.1 Å². The maximum absolute atomic E-state index is 12.7. The van der Waals surface area contributed by atoms with Gasteiger partial charge in [0.05, 0.1) is 24.4 Å². The molecule has 0 saturated heterocycles. The van der Waals surface area contributed by atoms with Crippen molar-refractivity contribution < 1.29 is 18.8 Å². The third-order valence-corrected chi connectivity index (χ3v) is 10.5. The highest BCUT2D eigenvalue weighted by Gasteiger charge is 2.30. The van der Waals surface area contributed by atoms with Crippen LogP contribution in [0.4, 0.5) is 0 Å². The van der Waals surface area contributed by atoms with Crippen molar-refractivity contribution in [1.82, 2.24) is 0 Å². The molecule has 6 heteroatoms. The van der Waals surface area contributed by atoms with Gasteiger partial charge in [0, 0.05) is 0 Å². The summed E-state index contributed by atoms with van der Waals surface area (Å²) in [7, 11) is -0.445. The van der Waals surface area contributed by atoms with Crippen molar-refractivity contribution in [2.45, 2.75) is 85.5 Å². The smallest absolute Gasteiger partial charge is 0.337 e. The van der Waals surface area contributed by atoms with Crippen LogP contribution in [0.1, 0.15) is 61.3 Å². The molecule has 5 nitrogen and oxygen atoms in total. The first-order valence-corrected chi connectivity index (χ1v) is 14.3. The predicted molar refractivity (Wildman–Crippen MR) is 138 cm³/mol. The van der Waals surface area contributed by atoms with E-state index in [0.29, 0.717) is 17.6 Å². The van der Waals surface area contributed by atoms with Gasteiger partial charge in [-0.2, -0.15) is 5.26 Å². The second kappa shape index (κ2) is 16.2. The van der Waals surface area contributed by atoms with Gasteiger partial charge in [-0.05, 0) is 76.4 Å². The Kier molecular flexibility index (Phi) is 14.9. The molecule has 0 aromatic carbocycles. The molecule has 0 aromatic heterocycles. The summed E-state index contributed by atoms with van der Waals surface area (Å²) in [6.45, 7) is 13.8. The van der Waals surface area contributed by atoms with Gasteiger partial charge in [-0.25, -0.2) is 4.79 Å². The quantitative estimate of drug-likeness (QED) is 0.0698. The molecule has 0 rings (SSSR count). The number of nitrogens with zero attached hydrogens (tertiary/aromatic N) is 1. The number of hydrogen-bond donors (Lipinski definition) is 0. The van der Waals surface area contributed by atoms with Crippen LogP contribution in [0.3, 0.4) is 0 Å². The Bertz CT molecular complexity index is 844. The molecule has 0 aliphatic carbocycles. The van der Waals surface area contributed by atoms with E-state index < -0.39 is 8.32 Å². The van der Waals surface area contributed by atoms with Crippen LogP contribution in [-0.4, -0.2) is 33.3 Å². The van der Waals surface area contributed by atoms with Gasteiger partial charge in [0.2, 0.25) is 0 Å². The van der Waals surface area contributed by atoms with Gasteiger partial charge < -0.3 is 9.16 Å². The number of rotatable bonds is 14. The minimum atomic E-state index is -1.80. The molecule has 0 aliphatic heterocycles. The number of esters is 1. The molecule has 33 heavy (non-hydrogen) atoms. The highest BCUT2D eigenvalue weighted by molar-refractivity contribution is 6.73. The summed E-state index contributed by atoms with van der Waals surface area (Å²) in [6, 6.07) is 5.11. The number of carbonyl (C=O) groups excluding carboxylic acids is 2. The van der Waals surface area contributed by atoms with Crippen LogP contribution in [0, 0.1) is 11.3 Å². The van der Waals surface area contributed by atoms with Crippen LogP contribution >= 0.6 is 0 Å². The third kappa shape index (κ3) is 10.8. The molecular formula is C27H41NO4Si. The molecule has 0 aliphatic rings. The van der Waals surface area contributed by atoms with Crippen LogP contribution in [0.15, 0.2) is 58.7 Å². The average molecular weight is 472 g/mol. The number of ether oxygens (including phenoxy) is 1. The van der Waals surface area contributed by atoms with Gasteiger partial charge in [-0.3, -0.25) is 4.79 Å². The molecule has 0 N–H and O–H groups in total. The summed E-state index contributed by atoms with van der Waals surface area (Å²) in [5, 5.41) is 9.52. The minimum absolute atomic E-state index is 0.137. The number of ketones is 1. The van der Waals surface area contributed by atoms with E-state index in [2.05, 4.69) is 20.8 Å². The second-order valence-corrected chi connectivity index (χ2v) is 12.8. The maximum atomic E-state index is 12.7. The van der Waals surface area contributed by atoms with Crippen LogP contribution in [0.5, 0.6) is 0 Å². The molecule has 0 aromatic rings. The third-order valence-electron chi connectivity index (χ3n) is 5.77. The molecule has 0 spiro atoms. The van der Waals surface area contributed by atoms with Crippen LogP contribution in [0.2, 0.25) is 18.1 Å². The number of hydrogen-bond acceptors (Lipinski definition) is 5. The van der Waals surface area contributed by atoms with Crippen LogP contribution in [-0.2, 0) is 18.8 Å². The van der Waals surface area contributed by atoms with Crippen LogP contribution in [0.25, 0.3) is 0 Å². The lowest BCUT2D eigenvalue weighted by atomic mass is 10.0. The Morgan fingerprint density at radius 2 is 1.70 bits per heavy atom. The number of unbranched alkanes of at least 4 members (excludes halogenated alkanes) is 1. The molecule has 1 atom stereocenters. The van der Waals surface area contributed by atoms with Crippen LogP contribution < -0.4 is 0 Å². The summed E-state index contributed by atoms with van der Waals surface area (Å²) < 4.78 is 11.1. The summed E-state index contributed by atoms with van der Waals surface area (Å²) in [5.74, 6) is -0.615. The lowest BCUT2D eigenvalue weighted by Gasteiger charge is -2.30. The Hall–Kier alpha value is -2.49. The number of carbonyl (C=O) groups is 2. The van der Waals surface area contributed by atoms with Crippen molar-refractivity contribution in [3.05, 3.63) is 58.7 Å². The highest BCUT2D eigenvalue weighted by Crippen LogP contribution is 2.24. The van der Waals surface area contributed by atoms with E-state index in [1.54, 1.807) is 32.1 Å². The van der Waals surface area contributed by atoms with Crippen molar-refractivity contribution >= 4 is 20.1 Å². The standard InChI is InChI=1S/C27H41NO4Si/c1-9-24(27(30)31-8)18-21(5)16-14-13-15-17-22(6)26(29)25(20-28)19-23(7)32-33(10-2,11-3)12-4/h9,14,16-19,23H,10-13,15H2,1-8H3/b16-14+,21-18+,22-17+,24-9+,25-19+/t23-/m0/s1. The van der Waals surface area contributed by atoms with Crippen molar-refractivity contribution in [1.29, 1.82) is 5.26 Å². The molecule has 0 fully saturated rings. The van der Waals surface area contributed by atoms with Crippen molar-refractivity contribution in [2.24, 2.45) is 0 Å². The van der Waals surface area contributed by atoms with E-state index >= 15 is 0 Å². The summed E-state index contributed by atoms with van der Waals surface area (Å²) in [5.41, 5.74) is 2.13. The first-order valence-electron chi connectivity index (χ1n) is 11.7. The maximum Gasteiger partial charge on any atom is 0.337 e. The van der Waals surface area contributed by atoms with E-state index in [4.69, 9.17) is 9.16 Å². The van der Waals surface area contributed by atoms with Gasteiger partial charge in [0.25, 0.3) is 0 Å². The van der Waals surface area contributed by atoms with Gasteiger partial charge in [-0.15, -0.1) is 0 Å². The number of allylic oxidation sites excluding steroid dienone is 7. The van der Waals surface area contributed by atoms with Crippen molar-refractivity contribution in [3.63, 3.8) is 0 Å². The monoisotopic (exact) mass is 471 g/mol. The summed E-state index contributed by atoms with van der Waals surface area (Å²) >= 11 is 0.